The molecule has 0 aliphatic rings. The van der Waals surface area contributed by atoms with Gasteiger partial charge in [0.1, 0.15) is 18.1 Å². The molecule has 4 aromatic rings. The Morgan fingerprint density at radius 2 is 1.93 bits per heavy atom. The quantitative estimate of drug-likeness (QED) is 0.432. The van der Waals surface area contributed by atoms with E-state index >= 15 is 0 Å². The molecule has 0 aliphatic heterocycles. The van der Waals surface area contributed by atoms with Crippen molar-refractivity contribution in [3.63, 3.8) is 0 Å². The molecule has 5 nitrogen and oxygen atoms in total. The lowest BCUT2D eigenvalue weighted by Gasteiger charge is -2.05. The zero-order valence-electron chi connectivity index (χ0n) is 14.7. The van der Waals surface area contributed by atoms with Gasteiger partial charge in [0.05, 0.1) is 11.6 Å². The molecule has 2 aromatic heterocycles. The standard InChI is InChI=1S/C21H16Cl2N2O3/c22-14-5-7-18-13(9-14)10-15(25-18)11-24-21(26)20-8-6-16(28-20)12-27-19-4-2-1-3-17(19)23/h1-10,25H,11-12H2,(H,24,26). The highest BCUT2D eigenvalue weighted by Gasteiger charge is 2.12. The van der Waals surface area contributed by atoms with Gasteiger partial charge in [-0.05, 0) is 48.5 Å². The first-order valence-corrected chi connectivity index (χ1v) is 9.35. The summed E-state index contributed by atoms with van der Waals surface area (Å²) in [6.07, 6.45) is 0. The van der Waals surface area contributed by atoms with E-state index in [1.807, 2.05) is 36.4 Å². The number of nitrogens with one attached hydrogen (secondary N) is 2. The van der Waals surface area contributed by atoms with Gasteiger partial charge in [-0.1, -0.05) is 35.3 Å². The number of carbonyl (C=O) groups is 1. The number of ether oxygens (including phenoxy) is 1. The molecule has 0 saturated carbocycles. The Morgan fingerprint density at radius 3 is 2.79 bits per heavy atom. The first-order chi connectivity index (χ1) is 13.6. The Bertz CT molecular complexity index is 1130. The van der Waals surface area contributed by atoms with Gasteiger partial charge < -0.3 is 19.5 Å². The predicted molar refractivity (Wildman–Crippen MR) is 109 cm³/mol. The number of amides is 1. The van der Waals surface area contributed by atoms with Gasteiger partial charge >= 0.3 is 0 Å². The summed E-state index contributed by atoms with van der Waals surface area (Å²) in [6, 6.07) is 18.0. The van der Waals surface area contributed by atoms with Crippen LogP contribution in [0.1, 0.15) is 22.0 Å². The van der Waals surface area contributed by atoms with Crippen molar-refractivity contribution in [3.05, 3.63) is 87.9 Å². The van der Waals surface area contributed by atoms with Crippen LogP contribution in [0.25, 0.3) is 10.9 Å². The number of fused-ring (bicyclic) bond motifs is 1. The Labute approximate surface area is 171 Å². The lowest BCUT2D eigenvalue weighted by atomic mass is 10.2. The minimum absolute atomic E-state index is 0.180. The Hall–Kier alpha value is -2.89. The third-order valence-corrected chi connectivity index (χ3v) is 4.72. The molecule has 0 aliphatic carbocycles. The van der Waals surface area contributed by atoms with Crippen LogP contribution in [0.2, 0.25) is 10.0 Å². The van der Waals surface area contributed by atoms with Crippen LogP contribution in [0.15, 0.2) is 65.1 Å². The summed E-state index contributed by atoms with van der Waals surface area (Å²) >= 11 is 12.1. The topological polar surface area (TPSA) is 67.3 Å². The molecule has 0 unspecified atom stereocenters. The Kier molecular flexibility index (Phi) is 5.28. The molecule has 7 heteroatoms. The van der Waals surface area contributed by atoms with Crippen LogP contribution in [0.4, 0.5) is 0 Å². The number of benzene rings is 2. The van der Waals surface area contributed by atoms with Crippen molar-refractivity contribution in [2.75, 3.05) is 0 Å². The Morgan fingerprint density at radius 1 is 1.07 bits per heavy atom. The van der Waals surface area contributed by atoms with E-state index in [9.17, 15) is 4.79 Å². The Balaban J connectivity index is 1.35. The van der Waals surface area contributed by atoms with E-state index < -0.39 is 0 Å². The van der Waals surface area contributed by atoms with Crippen molar-refractivity contribution < 1.29 is 13.9 Å². The zero-order chi connectivity index (χ0) is 19.5. The number of H-pyrrole nitrogens is 1. The smallest absolute Gasteiger partial charge is 0.287 e. The van der Waals surface area contributed by atoms with Crippen LogP contribution < -0.4 is 10.1 Å². The summed E-state index contributed by atoms with van der Waals surface area (Å²) in [5.41, 5.74) is 1.84. The van der Waals surface area contributed by atoms with Gasteiger partial charge in [-0.2, -0.15) is 0 Å². The fourth-order valence-electron chi connectivity index (χ4n) is 2.81. The summed E-state index contributed by atoms with van der Waals surface area (Å²) < 4.78 is 11.2. The first kappa shape index (κ1) is 18.5. The van der Waals surface area contributed by atoms with Crippen LogP contribution in [0, 0.1) is 0 Å². The lowest BCUT2D eigenvalue weighted by Crippen LogP contribution is -2.22. The molecule has 0 atom stereocenters. The maximum atomic E-state index is 12.3. The third kappa shape index (κ3) is 4.16. The molecule has 4 rings (SSSR count). The van der Waals surface area contributed by atoms with Crippen molar-refractivity contribution in [1.29, 1.82) is 0 Å². The molecule has 0 saturated heterocycles. The van der Waals surface area contributed by atoms with Gasteiger partial charge in [0.15, 0.2) is 5.76 Å². The van der Waals surface area contributed by atoms with Gasteiger partial charge in [-0.3, -0.25) is 4.79 Å². The van der Waals surface area contributed by atoms with Gasteiger partial charge in [-0.15, -0.1) is 0 Å². The molecule has 0 bridgehead atoms. The fourth-order valence-corrected chi connectivity index (χ4v) is 3.18. The van der Waals surface area contributed by atoms with Gasteiger partial charge in [0.25, 0.3) is 5.91 Å². The van der Waals surface area contributed by atoms with Gasteiger partial charge in [-0.25, -0.2) is 0 Å². The summed E-state index contributed by atoms with van der Waals surface area (Å²) in [5, 5.41) is 5.01. The van der Waals surface area contributed by atoms with Crippen molar-refractivity contribution in [2.24, 2.45) is 0 Å². The second-order valence-corrected chi connectivity index (χ2v) is 7.04. The third-order valence-electron chi connectivity index (χ3n) is 4.17. The molecule has 0 fully saturated rings. The predicted octanol–water partition coefficient (Wildman–Crippen LogP) is 5.58. The summed E-state index contributed by atoms with van der Waals surface area (Å²) in [6.45, 7) is 0.525. The van der Waals surface area contributed by atoms with E-state index in [0.717, 1.165) is 16.6 Å². The minimum Gasteiger partial charge on any atom is -0.484 e. The normalized spacial score (nSPS) is 10.9. The maximum absolute atomic E-state index is 12.3. The number of carbonyl (C=O) groups excluding carboxylic acids is 1. The second kappa shape index (κ2) is 8.00. The van der Waals surface area contributed by atoms with Crippen molar-refractivity contribution >= 4 is 40.0 Å². The fraction of sp³-hybridized carbons (Fsp3) is 0.0952. The number of aromatic nitrogens is 1. The molecule has 2 N–H and O–H groups in total. The summed E-state index contributed by atoms with van der Waals surface area (Å²) in [5.74, 6) is 1.01. The molecule has 0 radical (unpaired) electrons. The minimum atomic E-state index is -0.305. The van der Waals surface area contributed by atoms with Crippen molar-refractivity contribution in [3.8, 4) is 5.75 Å². The second-order valence-electron chi connectivity index (χ2n) is 6.19. The molecule has 0 spiro atoms. The van der Waals surface area contributed by atoms with Crippen LogP contribution in [-0.2, 0) is 13.2 Å². The molecular weight excluding hydrogens is 399 g/mol. The molecule has 28 heavy (non-hydrogen) atoms. The largest absolute Gasteiger partial charge is 0.484 e. The molecule has 1 amide bonds. The average Bonchev–Trinajstić information content (AvgIpc) is 3.32. The van der Waals surface area contributed by atoms with Crippen LogP contribution in [0.3, 0.4) is 0 Å². The maximum Gasteiger partial charge on any atom is 0.287 e. The van der Waals surface area contributed by atoms with E-state index in [2.05, 4.69) is 10.3 Å². The van der Waals surface area contributed by atoms with Crippen molar-refractivity contribution in [1.82, 2.24) is 10.3 Å². The number of para-hydroxylation sites is 1. The highest BCUT2D eigenvalue weighted by molar-refractivity contribution is 6.32. The summed E-state index contributed by atoms with van der Waals surface area (Å²) in [7, 11) is 0. The molecule has 142 valence electrons. The van der Waals surface area contributed by atoms with Gasteiger partial charge in [0.2, 0.25) is 0 Å². The van der Waals surface area contributed by atoms with E-state index in [1.165, 1.54) is 0 Å². The summed E-state index contributed by atoms with van der Waals surface area (Å²) in [4.78, 5) is 15.6. The zero-order valence-corrected chi connectivity index (χ0v) is 16.2. The van der Waals surface area contributed by atoms with Crippen LogP contribution in [-0.4, -0.2) is 10.9 Å². The molecular formula is C21H16Cl2N2O3. The number of rotatable bonds is 6. The van der Waals surface area contributed by atoms with E-state index in [1.54, 1.807) is 24.3 Å². The van der Waals surface area contributed by atoms with E-state index in [0.29, 0.717) is 28.1 Å². The van der Waals surface area contributed by atoms with Crippen LogP contribution in [0.5, 0.6) is 5.75 Å². The number of hydrogen-bond acceptors (Lipinski definition) is 3. The van der Waals surface area contributed by atoms with E-state index in [-0.39, 0.29) is 18.3 Å². The number of furan rings is 1. The van der Waals surface area contributed by atoms with Gasteiger partial charge in [0, 0.05) is 21.6 Å². The first-order valence-electron chi connectivity index (χ1n) is 8.60. The molecule has 2 aromatic carbocycles. The number of halogens is 2. The highest BCUT2D eigenvalue weighted by atomic mass is 35.5. The van der Waals surface area contributed by atoms with E-state index in [4.69, 9.17) is 32.4 Å². The lowest BCUT2D eigenvalue weighted by molar-refractivity contribution is 0.0918. The molecule has 2 heterocycles. The number of aromatic amines is 1. The number of hydrogen-bond donors (Lipinski definition) is 2. The van der Waals surface area contributed by atoms with Crippen LogP contribution >= 0.6 is 23.2 Å². The monoisotopic (exact) mass is 414 g/mol. The average molecular weight is 415 g/mol. The van der Waals surface area contributed by atoms with Crippen molar-refractivity contribution in [2.45, 2.75) is 13.2 Å². The highest BCUT2D eigenvalue weighted by Crippen LogP contribution is 2.24. The SMILES string of the molecule is O=C(NCc1cc2cc(Cl)ccc2[nH]1)c1ccc(COc2ccccc2Cl)o1.